The average molecular weight is 526 g/mol. The van der Waals surface area contributed by atoms with Gasteiger partial charge in [0.2, 0.25) is 0 Å². The number of hydrogen-bond acceptors (Lipinski definition) is 5. The first-order valence-electron chi connectivity index (χ1n) is 12.5. The summed E-state index contributed by atoms with van der Waals surface area (Å²) in [5, 5.41) is 11.1. The summed E-state index contributed by atoms with van der Waals surface area (Å²) in [4.78, 5) is 29.7. The zero-order chi connectivity index (χ0) is 27.1. The van der Waals surface area contributed by atoms with Gasteiger partial charge in [-0.05, 0) is 48.0 Å². The fraction of sp³-hybridized carbons (Fsp3) is 0. The second-order valence-corrected chi connectivity index (χ2v) is 9.27. The van der Waals surface area contributed by atoms with Crippen LogP contribution in [0.2, 0.25) is 0 Å². The fourth-order valence-corrected chi connectivity index (χ4v) is 4.73. The zero-order valence-electron chi connectivity index (χ0n) is 20.9. The number of benzene rings is 3. The van der Waals surface area contributed by atoms with E-state index in [0.29, 0.717) is 28.4 Å². The fourth-order valence-electron chi connectivity index (χ4n) is 4.73. The van der Waals surface area contributed by atoms with Crippen LogP contribution in [-0.4, -0.2) is 36.0 Å². The molecule has 4 heterocycles. The monoisotopic (exact) mass is 525 g/mol. The van der Waals surface area contributed by atoms with E-state index in [-0.39, 0.29) is 11.7 Å². The number of nitrogens with one attached hydrogen (secondary N) is 3. The highest BCUT2D eigenvalue weighted by molar-refractivity contribution is 6.04. The molecule has 0 fully saturated rings. The van der Waals surface area contributed by atoms with Crippen LogP contribution in [0.1, 0.15) is 10.4 Å². The Hall–Kier alpha value is -5.70. The second kappa shape index (κ2) is 9.55. The molecule has 0 aliphatic carbocycles. The molecule has 8 nitrogen and oxygen atoms in total. The minimum Gasteiger partial charge on any atom is -0.337 e. The number of hydrogen-bond donors (Lipinski definition) is 3. The van der Waals surface area contributed by atoms with Gasteiger partial charge in [-0.3, -0.25) is 14.9 Å². The smallest absolute Gasteiger partial charge is 0.255 e. The van der Waals surface area contributed by atoms with Crippen LogP contribution in [0.5, 0.6) is 0 Å². The number of aromatic amines is 2. The first-order valence-corrected chi connectivity index (χ1v) is 12.5. The molecule has 0 radical (unpaired) electrons. The molecule has 0 saturated heterocycles. The lowest BCUT2D eigenvalue weighted by atomic mass is 10.0. The molecule has 0 spiro atoms. The van der Waals surface area contributed by atoms with Crippen LogP contribution >= 0.6 is 0 Å². The summed E-state index contributed by atoms with van der Waals surface area (Å²) in [5.74, 6) is 0.0409. The molecule has 3 N–H and O–H groups in total. The molecular weight excluding hydrogens is 505 g/mol. The summed E-state index contributed by atoms with van der Waals surface area (Å²) < 4.78 is 13.9. The minimum atomic E-state index is -0.305. The summed E-state index contributed by atoms with van der Waals surface area (Å²) in [7, 11) is 0. The number of pyridine rings is 2. The van der Waals surface area contributed by atoms with Gasteiger partial charge in [0.05, 0.1) is 28.3 Å². The van der Waals surface area contributed by atoms with Gasteiger partial charge in [0.25, 0.3) is 5.91 Å². The normalized spacial score (nSPS) is 11.2. The third-order valence-corrected chi connectivity index (χ3v) is 6.65. The molecule has 0 aliphatic rings. The highest BCUT2D eigenvalue weighted by atomic mass is 19.1. The third kappa shape index (κ3) is 4.25. The number of aromatic nitrogens is 6. The van der Waals surface area contributed by atoms with E-state index >= 15 is 0 Å². The Morgan fingerprint density at radius 3 is 2.55 bits per heavy atom. The zero-order valence-corrected chi connectivity index (χ0v) is 20.9. The number of imidazole rings is 1. The second-order valence-electron chi connectivity index (χ2n) is 9.27. The summed E-state index contributed by atoms with van der Waals surface area (Å²) in [6.45, 7) is 0. The quantitative estimate of drug-likeness (QED) is 0.234. The van der Waals surface area contributed by atoms with E-state index in [0.717, 1.165) is 38.7 Å². The molecule has 1 amide bonds. The van der Waals surface area contributed by atoms with Gasteiger partial charge in [0.15, 0.2) is 11.5 Å². The summed E-state index contributed by atoms with van der Waals surface area (Å²) in [5.41, 5.74) is 7.01. The van der Waals surface area contributed by atoms with Crippen molar-refractivity contribution in [2.75, 3.05) is 5.32 Å². The number of carbonyl (C=O) groups excluding carboxylic acids is 1. The number of amides is 1. The van der Waals surface area contributed by atoms with Crippen LogP contribution in [0.25, 0.3) is 55.8 Å². The first kappa shape index (κ1) is 23.4. The van der Waals surface area contributed by atoms with Gasteiger partial charge in [-0.25, -0.2) is 14.4 Å². The molecule has 7 aromatic rings. The Balaban J connectivity index is 1.25. The number of nitrogens with zero attached hydrogens (tertiary/aromatic N) is 4. The Kier molecular flexibility index (Phi) is 5.59. The van der Waals surface area contributed by atoms with Crippen molar-refractivity contribution in [3.05, 3.63) is 115 Å². The van der Waals surface area contributed by atoms with Crippen molar-refractivity contribution in [3.63, 3.8) is 0 Å². The van der Waals surface area contributed by atoms with E-state index in [1.165, 1.54) is 12.1 Å². The van der Waals surface area contributed by atoms with Gasteiger partial charge >= 0.3 is 0 Å². The number of anilines is 1. The van der Waals surface area contributed by atoms with Crippen molar-refractivity contribution in [3.8, 4) is 33.8 Å². The van der Waals surface area contributed by atoms with Crippen molar-refractivity contribution in [2.24, 2.45) is 0 Å². The average Bonchev–Trinajstić information content (AvgIpc) is 3.61. The summed E-state index contributed by atoms with van der Waals surface area (Å²) in [6.07, 6.45) is 5.04. The van der Waals surface area contributed by atoms with Gasteiger partial charge in [-0.1, -0.05) is 42.5 Å². The molecule has 0 saturated carbocycles. The Morgan fingerprint density at radius 1 is 0.825 bits per heavy atom. The van der Waals surface area contributed by atoms with Crippen LogP contribution in [0.3, 0.4) is 0 Å². The molecule has 7 rings (SSSR count). The van der Waals surface area contributed by atoms with Crippen LogP contribution in [0, 0.1) is 5.82 Å². The number of carbonyl (C=O) groups is 1. The maximum Gasteiger partial charge on any atom is 0.255 e. The first-order chi connectivity index (χ1) is 19.6. The molecule has 192 valence electrons. The Labute approximate surface area is 227 Å². The maximum absolute atomic E-state index is 13.9. The van der Waals surface area contributed by atoms with Gasteiger partial charge in [-0.15, -0.1) is 0 Å². The standard InChI is InChI=1S/C31H20FN7O/c32-22-9-4-8-19(12-22)24-10-5-11-26-27(24)37-30(36-26)28-25-14-21(16-34-29(25)39-38-28)20-13-23(17-33-15-20)35-31(40)18-6-2-1-3-7-18/h1-17H,(H,35,40)(H,36,37)(H,34,38,39). The van der Waals surface area contributed by atoms with Crippen molar-refractivity contribution >= 4 is 33.7 Å². The van der Waals surface area contributed by atoms with Crippen molar-refractivity contribution < 1.29 is 9.18 Å². The largest absolute Gasteiger partial charge is 0.337 e. The van der Waals surface area contributed by atoms with Crippen LogP contribution < -0.4 is 5.32 Å². The highest BCUT2D eigenvalue weighted by Gasteiger charge is 2.17. The molecule has 0 unspecified atom stereocenters. The summed E-state index contributed by atoms with van der Waals surface area (Å²) >= 11 is 0. The van der Waals surface area contributed by atoms with Crippen LogP contribution in [0.4, 0.5) is 10.1 Å². The van der Waals surface area contributed by atoms with E-state index in [1.807, 2.05) is 54.6 Å². The highest BCUT2D eigenvalue weighted by Crippen LogP contribution is 2.33. The van der Waals surface area contributed by atoms with Gasteiger partial charge in [0, 0.05) is 34.6 Å². The molecule has 3 aromatic carbocycles. The topological polar surface area (TPSA) is 112 Å². The molecule has 9 heteroatoms. The lowest BCUT2D eigenvalue weighted by Gasteiger charge is -2.07. The van der Waals surface area contributed by atoms with E-state index < -0.39 is 0 Å². The number of fused-ring (bicyclic) bond motifs is 2. The third-order valence-electron chi connectivity index (χ3n) is 6.65. The van der Waals surface area contributed by atoms with Gasteiger partial charge < -0.3 is 10.3 Å². The van der Waals surface area contributed by atoms with Crippen molar-refractivity contribution in [2.45, 2.75) is 0 Å². The number of rotatable bonds is 5. The predicted octanol–water partition coefficient (Wildman–Crippen LogP) is 6.62. The van der Waals surface area contributed by atoms with E-state index in [2.05, 4.69) is 30.5 Å². The van der Waals surface area contributed by atoms with Gasteiger partial charge in [0.1, 0.15) is 11.5 Å². The van der Waals surface area contributed by atoms with E-state index in [9.17, 15) is 9.18 Å². The Bertz CT molecular complexity index is 2030. The van der Waals surface area contributed by atoms with E-state index in [1.54, 1.807) is 36.8 Å². The molecule has 4 aromatic heterocycles. The van der Waals surface area contributed by atoms with Crippen molar-refractivity contribution in [1.82, 2.24) is 30.1 Å². The van der Waals surface area contributed by atoms with E-state index in [4.69, 9.17) is 4.98 Å². The number of para-hydroxylation sites is 1. The number of halogens is 1. The lowest BCUT2D eigenvalue weighted by Crippen LogP contribution is -2.11. The molecule has 0 atom stereocenters. The van der Waals surface area contributed by atoms with Crippen LogP contribution in [0.15, 0.2) is 104 Å². The number of H-pyrrole nitrogens is 2. The molecule has 0 aliphatic heterocycles. The maximum atomic E-state index is 13.9. The van der Waals surface area contributed by atoms with Crippen molar-refractivity contribution in [1.29, 1.82) is 0 Å². The molecular formula is C31H20FN7O. The molecule has 0 bridgehead atoms. The minimum absolute atomic E-state index is 0.215. The summed E-state index contributed by atoms with van der Waals surface area (Å²) in [6, 6.07) is 25.0. The predicted molar refractivity (Wildman–Crippen MR) is 152 cm³/mol. The lowest BCUT2D eigenvalue weighted by molar-refractivity contribution is 0.102. The molecule has 40 heavy (non-hydrogen) atoms. The van der Waals surface area contributed by atoms with Gasteiger partial charge in [-0.2, -0.15) is 5.10 Å². The Morgan fingerprint density at radius 2 is 1.68 bits per heavy atom. The van der Waals surface area contributed by atoms with Crippen LogP contribution in [-0.2, 0) is 0 Å². The SMILES string of the molecule is O=C(Nc1cncc(-c2cnc3[nH]nc(-c4nc5c(-c6cccc(F)c6)cccc5[nH]4)c3c2)c1)c1ccccc1.